The SMILES string of the molecule is CS(=O)(=O)c1cccc(C(CCNC(=O)c2ccc(O)nc2)c2ccc(F)cc2)c1. The minimum atomic E-state index is -3.38. The second-order valence-electron chi connectivity index (χ2n) is 6.90. The fraction of sp³-hybridized carbons (Fsp3) is 0.182. The van der Waals surface area contributed by atoms with Crippen molar-refractivity contribution < 1.29 is 22.7 Å². The first kappa shape index (κ1) is 21.4. The molecule has 0 bridgehead atoms. The van der Waals surface area contributed by atoms with Crippen LogP contribution < -0.4 is 5.32 Å². The number of aromatic hydroxyl groups is 1. The number of hydrogen-bond acceptors (Lipinski definition) is 5. The lowest BCUT2D eigenvalue weighted by molar-refractivity contribution is 0.0952. The van der Waals surface area contributed by atoms with Gasteiger partial charge in [0.25, 0.3) is 5.91 Å². The van der Waals surface area contributed by atoms with Gasteiger partial charge in [-0.25, -0.2) is 17.8 Å². The van der Waals surface area contributed by atoms with E-state index in [4.69, 9.17) is 0 Å². The molecule has 1 unspecified atom stereocenters. The zero-order valence-corrected chi connectivity index (χ0v) is 17.1. The van der Waals surface area contributed by atoms with E-state index in [0.717, 1.165) is 17.4 Å². The third kappa shape index (κ3) is 5.42. The van der Waals surface area contributed by atoms with Gasteiger partial charge in [0.05, 0.1) is 10.5 Å². The van der Waals surface area contributed by atoms with Crippen LogP contribution in [0.5, 0.6) is 5.88 Å². The molecular formula is C22H21FN2O4S. The number of rotatable bonds is 7. The molecule has 2 aromatic carbocycles. The van der Waals surface area contributed by atoms with E-state index in [0.29, 0.717) is 18.5 Å². The maximum absolute atomic E-state index is 13.4. The number of amides is 1. The van der Waals surface area contributed by atoms with Crippen molar-refractivity contribution in [3.63, 3.8) is 0 Å². The first-order valence-corrected chi connectivity index (χ1v) is 11.1. The highest BCUT2D eigenvalue weighted by molar-refractivity contribution is 7.90. The van der Waals surface area contributed by atoms with Gasteiger partial charge in [-0.3, -0.25) is 4.79 Å². The Morgan fingerprint density at radius 3 is 2.47 bits per heavy atom. The monoisotopic (exact) mass is 428 g/mol. The molecule has 8 heteroatoms. The van der Waals surface area contributed by atoms with Gasteiger partial charge in [0.1, 0.15) is 5.82 Å². The van der Waals surface area contributed by atoms with E-state index in [1.807, 2.05) is 6.07 Å². The molecule has 2 N–H and O–H groups in total. The molecule has 156 valence electrons. The average molecular weight is 428 g/mol. The summed E-state index contributed by atoms with van der Waals surface area (Å²) in [6, 6.07) is 15.4. The summed E-state index contributed by atoms with van der Waals surface area (Å²) in [5.41, 5.74) is 1.87. The molecule has 0 fully saturated rings. The Kier molecular flexibility index (Phi) is 6.47. The summed E-state index contributed by atoms with van der Waals surface area (Å²) >= 11 is 0. The number of halogens is 1. The Labute approximate surface area is 174 Å². The van der Waals surface area contributed by atoms with Crippen molar-refractivity contribution in [2.75, 3.05) is 12.8 Å². The van der Waals surface area contributed by atoms with Gasteiger partial charge in [-0.05, 0) is 47.9 Å². The number of carbonyl (C=O) groups is 1. The van der Waals surface area contributed by atoms with E-state index in [-0.39, 0.29) is 28.4 Å². The first-order valence-electron chi connectivity index (χ1n) is 9.23. The fourth-order valence-corrected chi connectivity index (χ4v) is 3.81. The number of pyridine rings is 1. The predicted molar refractivity (Wildman–Crippen MR) is 111 cm³/mol. The second-order valence-corrected chi connectivity index (χ2v) is 8.91. The smallest absolute Gasteiger partial charge is 0.252 e. The molecular weight excluding hydrogens is 407 g/mol. The van der Waals surface area contributed by atoms with Crippen molar-refractivity contribution in [3.05, 3.63) is 89.4 Å². The second kappa shape index (κ2) is 9.04. The summed E-state index contributed by atoms with van der Waals surface area (Å²) in [6.07, 6.45) is 2.89. The van der Waals surface area contributed by atoms with Gasteiger partial charge in [-0.2, -0.15) is 0 Å². The van der Waals surface area contributed by atoms with Gasteiger partial charge in [-0.15, -0.1) is 0 Å². The first-order chi connectivity index (χ1) is 14.2. The van der Waals surface area contributed by atoms with Crippen LogP contribution in [-0.2, 0) is 9.84 Å². The fourth-order valence-electron chi connectivity index (χ4n) is 3.14. The molecule has 0 saturated heterocycles. The molecule has 6 nitrogen and oxygen atoms in total. The summed E-state index contributed by atoms with van der Waals surface area (Å²) in [5.74, 6) is -1.13. The summed E-state index contributed by atoms with van der Waals surface area (Å²) in [4.78, 5) is 16.2. The highest BCUT2D eigenvalue weighted by Gasteiger charge is 2.18. The molecule has 1 amide bonds. The largest absolute Gasteiger partial charge is 0.493 e. The lowest BCUT2D eigenvalue weighted by Crippen LogP contribution is -2.26. The lowest BCUT2D eigenvalue weighted by atomic mass is 9.88. The van der Waals surface area contributed by atoms with E-state index in [1.54, 1.807) is 24.3 Å². The number of aromatic nitrogens is 1. The molecule has 0 spiro atoms. The van der Waals surface area contributed by atoms with Crippen LogP contribution in [0.25, 0.3) is 0 Å². The highest BCUT2D eigenvalue weighted by atomic mass is 32.2. The van der Waals surface area contributed by atoms with E-state index < -0.39 is 9.84 Å². The van der Waals surface area contributed by atoms with Gasteiger partial charge in [-0.1, -0.05) is 24.3 Å². The molecule has 0 aliphatic rings. The van der Waals surface area contributed by atoms with Crippen LogP contribution in [0.3, 0.4) is 0 Å². The number of sulfone groups is 1. The zero-order valence-electron chi connectivity index (χ0n) is 16.2. The van der Waals surface area contributed by atoms with Crippen LogP contribution in [0.2, 0.25) is 0 Å². The minimum absolute atomic E-state index is 0.173. The zero-order chi connectivity index (χ0) is 21.7. The average Bonchev–Trinajstić information content (AvgIpc) is 2.72. The van der Waals surface area contributed by atoms with Crippen LogP contribution in [0, 0.1) is 5.82 Å². The topological polar surface area (TPSA) is 96.4 Å². The number of carbonyl (C=O) groups excluding carboxylic acids is 1. The molecule has 1 atom stereocenters. The summed E-state index contributed by atoms with van der Waals surface area (Å²) in [5, 5.41) is 12.0. The van der Waals surface area contributed by atoms with Crippen LogP contribution in [-0.4, -0.2) is 37.2 Å². The van der Waals surface area contributed by atoms with Gasteiger partial charge >= 0.3 is 0 Å². The predicted octanol–water partition coefficient (Wildman–Crippen LogP) is 3.28. The maximum Gasteiger partial charge on any atom is 0.252 e. The van der Waals surface area contributed by atoms with Crippen LogP contribution in [0.4, 0.5) is 4.39 Å². The molecule has 1 aromatic heterocycles. The molecule has 3 rings (SSSR count). The van der Waals surface area contributed by atoms with Crippen molar-refractivity contribution in [3.8, 4) is 5.88 Å². The summed E-state index contributed by atoms with van der Waals surface area (Å²) in [7, 11) is -3.38. The standard InChI is InChI=1S/C22H21FN2O4S/c1-30(28,29)19-4-2-3-16(13-19)20(15-5-8-18(23)9-6-15)11-12-24-22(27)17-7-10-21(26)25-14-17/h2-10,13-14,20H,11-12H2,1H3,(H,24,27)(H,25,26). The molecule has 0 saturated carbocycles. The van der Waals surface area contributed by atoms with Crippen molar-refractivity contribution in [2.45, 2.75) is 17.2 Å². The maximum atomic E-state index is 13.4. The van der Waals surface area contributed by atoms with Gasteiger partial charge in [0.15, 0.2) is 9.84 Å². The molecule has 30 heavy (non-hydrogen) atoms. The van der Waals surface area contributed by atoms with Gasteiger partial charge < -0.3 is 10.4 Å². The van der Waals surface area contributed by atoms with Gasteiger partial charge in [0, 0.05) is 31.0 Å². The quantitative estimate of drug-likeness (QED) is 0.602. The Bertz CT molecular complexity index is 1130. The Hall–Kier alpha value is -3.26. The van der Waals surface area contributed by atoms with E-state index in [1.165, 1.54) is 36.5 Å². The number of hydrogen-bond donors (Lipinski definition) is 2. The molecule has 0 aliphatic carbocycles. The summed E-state index contributed by atoms with van der Waals surface area (Å²) < 4.78 is 37.3. The molecule has 0 aliphatic heterocycles. The van der Waals surface area contributed by atoms with Crippen LogP contribution in [0.15, 0.2) is 71.8 Å². The number of benzene rings is 2. The molecule has 1 heterocycles. The van der Waals surface area contributed by atoms with Crippen molar-refractivity contribution >= 4 is 15.7 Å². The molecule has 0 radical (unpaired) electrons. The number of nitrogens with one attached hydrogen (secondary N) is 1. The normalized spacial score (nSPS) is 12.3. The highest BCUT2D eigenvalue weighted by Crippen LogP contribution is 2.29. The lowest BCUT2D eigenvalue weighted by Gasteiger charge is -2.19. The van der Waals surface area contributed by atoms with E-state index in [2.05, 4.69) is 10.3 Å². The Balaban J connectivity index is 1.81. The van der Waals surface area contributed by atoms with E-state index >= 15 is 0 Å². The number of nitrogens with zero attached hydrogens (tertiary/aromatic N) is 1. The van der Waals surface area contributed by atoms with Crippen molar-refractivity contribution in [2.24, 2.45) is 0 Å². The third-order valence-corrected chi connectivity index (χ3v) is 5.80. The Morgan fingerprint density at radius 1 is 1.10 bits per heavy atom. The summed E-state index contributed by atoms with van der Waals surface area (Å²) in [6.45, 7) is 0.296. The van der Waals surface area contributed by atoms with E-state index in [9.17, 15) is 22.7 Å². The molecule has 3 aromatic rings. The minimum Gasteiger partial charge on any atom is -0.493 e. The van der Waals surface area contributed by atoms with Crippen molar-refractivity contribution in [1.82, 2.24) is 10.3 Å². The van der Waals surface area contributed by atoms with Crippen molar-refractivity contribution in [1.29, 1.82) is 0 Å². The van der Waals surface area contributed by atoms with Gasteiger partial charge in [0.2, 0.25) is 5.88 Å². The third-order valence-electron chi connectivity index (χ3n) is 4.69. The van der Waals surface area contributed by atoms with Crippen LogP contribution in [0.1, 0.15) is 33.8 Å². The Morgan fingerprint density at radius 2 is 1.83 bits per heavy atom. The van der Waals surface area contributed by atoms with Crippen LogP contribution >= 0.6 is 0 Å².